The first-order chi connectivity index (χ1) is 3.70. The number of hydrogen-bond acceptors (Lipinski definition) is 3. The number of rotatable bonds is 0. The van der Waals surface area contributed by atoms with E-state index in [0.717, 1.165) is 4.68 Å². The molecule has 0 spiro atoms. The third-order valence-corrected chi connectivity index (χ3v) is 0.865. The lowest BCUT2D eigenvalue weighted by molar-refractivity contribution is 0.475. The number of hydrogen-bond donors (Lipinski definition) is 3. The normalized spacial score (nSPS) is 9.50. The molecule has 44 valence electrons. The summed E-state index contributed by atoms with van der Waals surface area (Å²) in [7, 11) is 0. The van der Waals surface area contributed by atoms with Gasteiger partial charge in [-0.15, -0.1) is 0 Å². The molecule has 0 aliphatic rings. The van der Waals surface area contributed by atoms with E-state index in [1.165, 1.54) is 12.3 Å². The highest BCUT2D eigenvalue weighted by Gasteiger charge is 1.93. The lowest BCUT2D eigenvalue weighted by Crippen LogP contribution is -2.08. The van der Waals surface area contributed by atoms with Gasteiger partial charge in [-0.05, 0) is 0 Å². The molecular weight excluding hydrogens is 106 g/mol. The molecule has 0 bridgehead atoms. The Bertz CT molecular complexity index is 174. The molecule has 0 radical (unpaired) electrons. The molecule has 4 heteroatoms. The third kappa shape index (κ3) is 0.556. The van der Waals surface area contributed by atoms with E-state index in [-0.39, 0.29) is 5.75 Å². The van der Waals surface area contributed by atoms with Gasteiger partial charge in [0.15, 0.2) is 0 Å². The van der Waals surface area contributed by atoms with Gasteiger partial charge in [0.1, 0.15) is 11.6 Å². The number of nitrogen functional groups attached to an aromatic ring is 2. The highest BCUT2D eigenvalue weighted by molar-refractivity contribution is 5.38. The highest BCUT2D eigenvalue weighted by atomic mass is 16.3. The molecule has 0 fully saturated rings. The fraction of sp³-hybridized carbons (Fsp3) is 0. The molecule has 0 amide bonds. The van der Waals surface area contributed by atoms with Gasteiger partial charge < -0.3 is 16.7 Å². The van der Waals surface area contributed by atoms with Crippen LogP contribution in [0.3, 0.4) is 0 Å². The number of aromatic hydroxyl groups is 1. The predicted molar refractivity (Wildman–Crippen MR) is 30.7 cm³/mol. The van der Waals surface area contributed by atoms with E-state index in [9.17, 15) is 0 Å². The summed E-state index contributed by atoms with van der Waals surface area (Å²) >= 11 is 0. The van der Waals surface area contributed by atoms with Crippen LogP contribution in [0.15, 0.2) is 12.3 Å². The van der Waals surface area contributed by atoms with Crippen molar-refractivity contribution >= 4 is 5.82 Å². The largest absolute Gasteiger partial charge is 0.506 e. The molecule has 0 saturated heterocycles. The van der Waals surface area contributed by atoms with Gasteiger partial charge in [-0.2, -0.15) is 0 Å². The van der Waals surface area contributed by atoms with E-state index >= 15 is 0 Å². The van der Waals surface area contributed by atoms with E-state index in [0.29, 0.717) is 5.82 Å². The summed E-state index contributed by atoms with van der Waals surface area (Å²) in [6, 6.07) is 1.38. The summed E-state index contributed by atoms with van der Waals surface area (Å²) in [6.07, 6.45) is 1.33. The molecule has 0 unspecified atom stereocenters. The summed E-state index contributed by atoms with van der Waals surface area (Å²) in [5.74, 6) is 5.61. The van der Waals surface area contributed by atoms with Crippen molar-refractivity contribution < 1.29 is 5.11 Å². The van der Waals surface area contributed by atoms with Gasteiger partial charge in [-0.3, -0.25) is 4.68 Å². The van der Waals surface area contributed by atoms with Crippen LogP contribution in [0.1, 0.15) is 0 Å². The van der Waals surface area contributed by atoms with Crippen molar-refractivity contribution in [2.75, 3.05) is 11.6 Å². The lowest BCUT2D eigenvalue weighted by Gasteiger charge is -1.90. The quantitative estimate of drug-likeness (QED) is 0.396. The zero-order chi connectivity index (χ0) is 6.15. The van der Waals surface area contributed by atoms with Crippen LogP contribution >= 0.6 is 0 Å². The zero-order valence-corrected chi connectivity index (χ0v) is 4.20. The number of anilines is 1. The average Bonchev–Trinajstić information content (AvgIpc) is 1.85. The summed E-state index contributed by atoms with van der Waals surface area (Å²) in [4.78, 5) is 0. The third-order valence-electron chi connectivity index (χ3n) is 0.865. The SMILES string of the molecule is Nc1cc(O)cn1N. The van der Waals surface area contributed by atoms with E-state index in [4.69, 9.17) is 16.7 Å². The van der Waals surface area contributed by atoms with E-state index in [2.05, 4.69) is 0 Å². The first kappa shape index (κ1) is 4.83. The molecule has 4 nitrogen and oxygen atoms in total. The molecule has 0 aliphatic heterocycles. The highest BCUT2D eigenvalue weighted by Crippen LogP contribution is 2.12. The maximum Gasteiger partial charge on any atom is 0.137 e. The molecular formula is C4H7N3O. The maximum atomic E-state index is 8.65. The minimum atomic E-state index is 0.0880. The van der Waals surface area contributed by atoms with Gasteiger partial charge in [-0.1, -0.05) is 0 Å². The van der Waals surface area contributed by atoms with Crippen molar-refractivity contribution in [1.29, 1.82) is 0 Å². The van der Waals surface area contributed by atoms with Crippen LogP contribution in [0, 0.1) is 0 Å². The molecule has 1 rings (SSSR count). The van der Waals surface area contributed by atoms with E-state index < -0.39 is 0 Å². The van der Waals surface area contributed by atoms with Gasteiger partial charge in [0.25, 0.3) is 0 Å². The summed E-state index contributed by atoms with van der Waals surface area (Å²) in [5.41, 5.74) is 5.22. The molecule has 1 aromatic rings. The Balaban J connectivity index is 3.14. The second-order valence-corrected chi connectivity index (χ2v) is 1.53. The molecule has 1 aromatic heterocycles. The van der Waals surface area contributed by atoms with Crippen LogP contribution in [0.4, 0.5) is 5.82 Å². The van der Waals surface area contributed by atoms with Crippen LogP contribution in [-0.2, 0) is 0 Å². The first-order valence-corrected chi connectivity index (χ1v) is 2.12. The second kappa shape index (κ2) is 1.33. The van der Waals surface area contributed by atoms with Crippen molar-refractivity contribution in [1.82, 2.24) is 4.68 Å². The van der Waals surface area contributed by atoms with Crippen molar-refractivity contribution in [3.8, 4) is 5.75 Å². The van der Waals surface area contributed by atoms with Gasteiger partial charge in [0, 0.05) is 6.07 Å². The Morgan fingerprint density at radius 1 is 1.62 bits per heavy atom. The Morgan fingerprint density at radius 3 is 2.38 bits per heavy atom. The Hall–Kier alpha value is -1.32. The monoisotopic (exact) mass is 113 g/mol. The minimum Gasteiger partial charge on any atom is -0.506 e. The number of nitrogens with two attached hydrogens (primary N) is 2. The molecule has 0 atom stereocenters. The topological polar surface area (TPSA) is 77.2 Å². The minimum absolute atomic E-state index is 0.0880. The Morgan fingerprint density at radius 2 is 2.25 bits per heavy atom. The fourth-order valence-electron chi connectivity index (χ4n) is 0.480. The van der Waals surface area contributed by atoms with E-state index in [1.54, 1.807) is 0 Å². The fourth-order valence-corrected chi connectivity index (χ4v) is 0.480. The van der Waals surface area contributed by atoms with Gasteiger partial charge in [0.2, 0.25) is 0 Å². The number of nitrogens with zero attached hydrogens (tertiary/aromatic N) is 1. The molecule has 8 heavy (non-hydrogen) atoms. The maximum absolute atomic E-state index is 8.65. The van der Waals surface area contributed by atoms with Crippen molar-refractivity contribution in [2.24, 2.45) is 0 Å². The average molecular weight is 113 g/mol. The molecule has 0 saturated carbocycles. The smallest absolute Gasteiger partial charge is 0.137 e. The van der Waals surface area contributed by atoms with Crippen LogP contribution in [-0.4, -0.2) is 9.78 Å². The molecule has 5 N–H and O–H groups in total. The van der Waals surface area contributed by atoms with Crippen molar-refractivity contribution in [2.45, 2.75) is 0 Å². The lowest BCUT2D eigenvalue weighted by atomic mass is 10.6. The van der Waals surface area contributed by atoms with Crippen molar-refractivity contribution in [3.63, 3.8) is 0 Å². The number of aromatic nitrogens is 1. The van der Waals surface area contributed by atoms with Gasteiger partial charge >= 0.3 is 0 Å². The Labute approximate surface area is 46.3 Å². The summed E-state index contributed by atoms with van der Waals surface area (Å²) in [5, 5.41) is 8.65. The van der Waals surface area contributed by atoms with E-state index in [1.807, 2.05) is 0 Å². The first-order valence-electron chi connectivity index (χ1n) is 2.12. The van der Waals surface area contributed by atoms with Gasteiger partial charge in [-0.25, -0.2) is 0 Å². The molecule has 0 aromatic carbocycles. The summed E-state index contributed by atoms with van der Waals surface area (Å²) < 4.78 is 1.15. The van der Waals surface area contributed by atoms with Gasteiger partial charge in [0.05, 0.1) is 6.20 Å². The van der Waals surface area contributed by atoms with Crippen LogP contribution in [0.5, 0.6) is 5.75 Å². The van der Waals surface area contributed by atoms with Crippen LogP contribution in [0.25, 0.3) is 0 Å². The Kier molecular flexibility index (Phi) is 0.802. The van der Waals surface area contributed by atoms with Crippen LogP contribution < -0.4 is 11.6 Å². The molecule has 1 heterocycles. The zero-order valence-electron chi connectivity index (χ0n) is 4.20. The molecule has 0 aliphatic carbocycles. The van der Waals surface area contributed by atoms with Crippen molar-refractivity contribution in [3.05, 3.63) is 12.3 Å². The second-order valence-electron chi connectivity index (χ2n) is 1.53. The standard InChI is InChI=1S/C4H7N3O/c5-4-1-3(8)2-7(4)6/h1-2,8H,5-6H2. The summed E-state index contributed by atoms with van der Waals surface area (Å²) in [6.45, 7) is 0. The predicted octanol–water partition coefficient (Wildman–Crippen LogP) is -0.510. The van der Waals surface area contributed by atoms with Crippen LogP contribution in [0.2, 0.25) is 0 Å².